The molecule has 2 heterocycles. The van der Waals surface area contributed by atoms with E-state index in [-0.39, 0.29) is 23.5 Å². The van der Waals surface area contributed by atoms with Crippen molar-refractivity contribution in [3.05, 3.63) is 59.2 Å². The van der Waals surface area contributed by atoms with Crippen molar-refractivity contribution in [3.63, 3.8) is 0 Å². The number of amides is 1. The molecule has 7 heteroatoms. The minimum absolute atomic E-state index is 0.0605. The van der Waals surface area contributed by atoms with Gasteiger partial charge in [-0.1, -0.05) is 24.3 Å². The Labute approximate surface area is 150 Å². The third-order valence-corrected chi connectivity index (χ3v) is 4.63. The van der Waals surface area contributed by atoms with Crippen LogP contribution in [0.3, 0.4) is 0 Å². The first kappa shape index (κ1) is 16.3. The zero-order valence-corrected chi connectivity index (χ0v) is 14.4. The van der Waals surface area contributed by atoms with Gasteiger partial charge in [-0.15, -0.1) is 0 Å². The number of carbonyl (C=O) groups excluding carboxylic acids is 1. The van der Waals surface area contributed by atoms with Gasteiger partial charge in [-0.3, -0.25) is 4.79 Å². The quantitative estimate of drug-likeness (QED) is 0.751. The van der Waals surface area contributed by atoms with Gasteiger partial charge in [0.2, 0.25) is 5.89 Å². The topological polar surface area (TPSA) is 107 Å². The summed E-state index contributed by atoms with van der Waals surface area (Å²) in [5.41, 5.74) is 9.72. The number of nitrogens with one attached hydrogen (secondary N) is 1. The minimum atomic E-state index is -0.304. The van der Waals surface area contributed by atoms with E-state index in [1.54, 1.807) is 6.92 Å². The lowest BCUT2D eigenvalue weighted by molar-refractivity contribution is 0.0929. The van der Waals surface area contributed by atoms with Crippen LogP contribution >= 0.6 is 0 Å². The van der Waals surface area contributed by atoms with Gasteiger partial charge in [-0.2, -0.15) is 0 Å². The van der Waals surface area contributed by atoms with E-state index in [9.17, 15) is 4.79 Å². The number of oxazole rings is 1. The Bertz CT molecular complexity index is 953. The van der Waals surface area contributed by atoms with Crippen molar-refractivity contribution < 1.29 is 9.21 Å². The highest BCUT2D eigenvalue weighted by molar-refractivity contribution is 5.96. The van der Waals surface area contributed by atoms with Gasteiger partial charge >= 0.3 is 0 Å². The first-order chi connectivity index (χ1) is 12.6. The van der Waals surface area contributed by atoms with E-state index in [0.717, 1.165) is 19.3 Å². The zero-order chi connectivity index (χ0) is 18.1. The SMILES string of the molecule is Cc1nc(C(=O)NC2CCc3ccccc3C2)c(N)nc1-c1ncco1. The fourth-order valence-corrected chi connectivity index (χ4v) is 3.32. The molecule has 7 nitrogen and oxygen atoms in total. The average Bonchev–Trinajstić information content (AvgIpc) is 3.17. The minimum Gasteiger partial charge on any atom is -0.443 e. The number of rotatable bonds is 3. The van der Waals surface area contributed by atoms with Crippen LogP contribution in [0.4, 0.5) is 5.82 Å². The molecule has 1 aromatic carbocycles. The van der Waals surface area contributed by atoms with Crippen molar-refractivity contribution in [3.8, 4) is 11.6 Å². The highest BCUT2D eigenvalue weighted by atomic mass is 16.3. The summed E-state index contributed by atoms with van der Waals surface area (Å²) in [6.07, 6.45) is 5.62. The van der Waals surface area contributed by atoms with Crippen LogP contribution < -0.4 is 11.1 Å². The summed E-state index contributed by atoms with van der Waals surface area (Å²) in [6, 6.07) is 8.38. The highest BCUT2D eigenvalue weighted by Gasteiger charge is 2.23. The number of hydrogen-bond donors (Lipinski definition) is 2. The number of benzene rings is 1. The predicted octanol–water partition coefficient (Wildman–Crippen LogP) is 2.31. The third-order valence-electron chi connectivity index (χ3n) is 4.63. The van der Waals surface area contributed by atoms with E-state index in [2.05, 4.69) is 32.4 Å². The third kappa shape index (κ3) is 3.03. The number of aromatic nitrogens is 3. The Balaban J connectivity index is 1.53. The molecule has 26 heavy (non-hydrogen) atoms. The van der Waals surface area contributed by atoms with E-state index in [0.29, 0.717) is 17.3 Å². The van der Waals surface area contributed by atoms with Gasteiger partial charge in [0.1, 0.15) is 12.0 Å². The normalized spacial score (nSPS) is 16.1. The van der Waals surface area contributed by atoms with Crippen molar-refractivity contribution in [2.75, 3.05) is 5.73 Å². The molecule has 1 aliphatic rings. The summed E-state index contributed by atoms with van der Waals surface area (Å²) in [4.78, 5) is 25.3. The molecule has 0 spiro atoms. The maximum atomic E-state index is 12.7. The van der Waals surface area contributed by atoms with Crippen LogP contribution in [0.5, 0.6) is 0 Å². The van der Waals surface area contributed by atoms with E-state index in [1.165, 1.54) is 23.6 Å². The summed E-state index contributed by atoms with van der Waals surface area (Å²) >= 11 is 0. The average molecular weight is 349 g/mol. The zero-order valence-electron chi connectivity index (χ0n) is 14.4. The number of nitrogens with two attached hydrogens (primary N) is 1. The second kappa shape index (κ2) is 6.59. The molecule has 0 saturated carbocycles. The molecule has 0 fully saturated rings. The van der Waals surface area contributed by atoms with Gasteiger partial charge in [0.15, 0.2) is 11.5 Å². The number of carbonyl (C=O) groups is 1. The Hall–Kier alpha value is -3.22. The molecule has 1 aliphatic carbocycles. The maximum absolute atomic E-state index is 12.7. The van der Waals surface area contributed by atoms with Crippen molar-refractivity contribution in [2.24, 2.45) is 0 Å². The van der Waals surface area contributed by atoms with Crippen LogP contribution in [0.2, 0.25) is 0 Å². The summed E-state index contributed by atoms with van der Waals surface area (Å²) in [6.45, 7) is 1.75. The second-order valence-electron chi connectivity index (χ2n) is 6.41. The Morgan fingerprint density at radius 1 is 1.27 bits per heavy atom. The van der Waals surface area contributed by atoms with E-state index >= 15 is 0 Å². The van der Waals surface area contributed by atoms with Crippen LogP contribution in [-0.2, 0) is 12.8 Å². The molecule has 3 aromatic rings. The second-order valence-corrected chi connectivity index (χ2v) is 6.41. The fourth-order valence-electron chi connectivity index (χ4n) is 3.32. The Morgan fingerprint density at radius 3 is 2.85 bits per heavy atom. The lowest BCUT2D eigenvalue weighted by atomic mass is 9.88. The number of anilines is 1. The molecule has 0 aliphatic heterocycles. The lowest BCUT2D eigenvalue weighted by Crippen LogP contribution is -2.39. The van der Waals surface area contributed by atoms with Gasteiger partial charge in [0.25, 0.3) is 5.91 Å². The number of nitrogens with zero attached hydrogens (tertiary/aromatic N) is 3. The standard InChI is InChI=1S/C19H19N5O2/c1-11-15(19-21-8-9-26-19)24-17(20)16(22-11)18(25)23-14-7-6-12-4-2-3-5-13(12)10-14/h2-5,8-9,14H,6-7,10H2,1H3,(H2,20,24)(H,23,25). The molecule has 0 bridgehead atoms. The number of aryl methyl sites for hydroxylation is 2. The van der Waals surface area contributed by atoms with Crippen molar-refractivity contribution in [1.29, 1.82) is 0 Å². The summed E-state index contributed by atoms with van der Waals surface area (Å²) in [5.74, 6) is 0.0940. The fraction of sp³-hybridized carbons (Fsp3) is 0.263. The van der Waals surface area contributed by atoms with Gasteiger partial charge in [0, 0.05) is 6.04 Å². The molecule has 4 rings (SSSR count). The van der Waals surface area contributed by atoms with Gasteiger partial charge in [0.05, 0.1) is 11.9 Å². The molecule has 1 atom stereocenters. The van der Waals surface area contributed by atoms with Crippen LogP contribution in [0.15, 0.2) is 41.1 Å². The van der Waals surface area contributed by atoms with Crippen LogP contribution in [-0.4, -0.2) is 26.9 Å². The Morgan fingerprint density at radius 2 is 2.08 bits per heavy atom. The molecule has 0 radical (unpaired) electrons. The summed E-state index contributed by atoms with van der Waals surface area (Å²) in [5, 5.41) is 3.04. The summed E-state index contributed by atoms with van der Waals surface area (Å²) in [7, 11) is 0. The highest BCUT2D eigenvalue weighted by Crippen LogP contribution is 2.23. The van der Waals surface area contributed by atoms with Gasteiger partial charge in [-0.05, 0) is 37.3 Å². The number of fused-ring (bicyclic) bond motifs is 1. The van der Waals surface area contributed by atoms with Crippen molar-refractivity contribution in [1.82, 2.24) is 20.3 Å². The molecule has 132 valence electrons. The van der Waals surface area contributed by atoms with Gasteiger partial charge < -0.3 is 15.5 Å². The molecular weight excluding hydrogens is 330 g/mol. The van der Waals surface area contributed by atoms with Crippen molar-refractivity contribution in [2.45, 2.75) is 32.2 Å². The first-order valence-corrected chi connectivity index (χ1v) is 8.53. The van der Waals surface area contributed by atoms with Crippen LogP contribution in [0, 0.1) is 6.92 Å². The predicted molar refractivity (Wildman–Crippen MR) is 96.4 cm³/mol. The van der Waals surface area contributed by atoms with Crippen molar-refractivity contribution >= 4 is 11.7 Å². The molecule has 3 N–H and O–H groups in total. The first-order valence-electron chi connectivity index (χ1n) is 8.53. The van der Waals surface area contributed by atoms with E-state index in [1.807, 2.05) is 12.1 Å². The van der Waals surface area contributed by atoms with Crippen LogP contribution in [0.25, 0.3) is 11.6 Å². The van der Waals surface area contributed by atoms with Crippen LogP contribution in [0.1, 0.15) is 33.7 Å². The lowest BCUT2D eigenvalue weighted by Gasteiger charge is -2.25. The number of nitrogen functional groups attached to an aromatic ring is 1. The molecule has 2 aromatic heterocycles. The maximum Gasteiger partial charge on any atom is 0.273 e. The van der Waals surface area contributed by atoms with E-state index < -0.39 is 0 Å². The largest absolute Gasteiger partial charge is 0.443 e. The number of hydrogen-bond acceptors (Lipinski definition) is 6. The van der Waals surface area contributed by atoms with E-state index in [4.69, 9.17) is 10.2 Å². The molecule has 0 saturated heterocycles. The molecule has 1 unspecified atom stereocenters. The van der Waals surface area contributed by atoms with Gasteiger partial charge in [-0.25, -0.2) is 15.0 Å². The smallest absolute Gasteiger partial charge is 0.273 e. The summed E-state index contributed by atoms with van der Waals surface area (Å²) < 4.78 is 5.24. The molecule has 1 amide bonds. The Kier molecular flexibility index (Phi) is 4.12. The monoisotopic (exact) mass is 349 g/mol. The molecular formula is C19H19N5O2.